The second-order valence-electron chi connectivity index (χ2n) is 7.16. The van der Waals surface area contributed by atoms with Crippen molar-refractivity contribution in [1.82, 2.24) is 5.43 Å². The Hall–Kier alpha value is -3.77. The third-order valence-corrected chi connectivity index (χ3v) is 5.36. The van der Waals surface area contributed by atoms with Crippen molar-refractivity contribution < 1.29 is 14.3 Å². The van der Waals surface area contributed by atoms with Gasteiger partial charge in [0.1, 0.15) is 5.75 Å². The maximum atomic E-state index is 12.7. The van der Waals surface area contributed by atoms with E-state index in [-0.39, 0.29) is 5.91 Å². The number of hydrogen-bond donors (Lipinski definition) is 1. The number of esters is 1. The molecule has 0 bridgehead atoms. The first kappa shape index (κ1) is 21.5. The van der Waals surface area contributed by atoms with E-state index in [1.165, 1.54) is 6.21 Å². The number of carbonyl (C=O) groups excluding carboxylic acids is 2. The van der Waals surface area contributed by atoms with Crippen LogP contribution < -0.4 is 10.2 Å². The molecule has 0 aliphatic carbocycles. The molecule has 0 aliphatic rings. The number of aryl methyl sites for hydroxylation is 1. The average Bonchev–Trinajstić information content (AvgIpc) is 2.80. The molecule has 4 aromatic rings. The molecule has 0 radical (unpaired) electrons. The molecule has 0 atom stereocenters. The van der Waals surface area contributed by atoms with E-state index in [4.69, 9.17) is 4.74 Å². The fourth-order valence-electron chi connectivity index (χ4n) is 3.20. The highest BCUT2D eigenvalue weighted by Gasteiger charge is 2.14. The minimum absolute atomic E-state index is 0.346. The minimum Gasteiger partial charge on any atom is -0.422 e. The molecule has 1 N–H and O–H groups in total. The first-order valence-electron chi connectivity index (χ1n) is 9.91. The summed E-state index contributed by atoms with van der Waals surface area (Å²) in [4.78, 5) is 25.1. The Labute approximate surface area is 193 Å². The molecule has 4 rings (SSSR count). The van der Waals surface area contributed by atoms with Gasteiger partial charge in [0, 0.05) is 15.6 Å². The van der Waals surface area contributed by atoms with E-state index in [1.807, 2.05) is 55.5 Å². The molecule has 6 heteroatoms. The molecule has 0 heterocycles. The lowest BCUT2D eigenvalue weighted by Crippen LogP contribution is -2.17. The van der Waals surface area contributed by atoms with E-state index in [1.54, 1.807) is 36.4 Å². The van der Waals surface area contributed by atoms with Gasteiger partial charge < -0.3 is 4.74 Å². The van der Waals surface area contributed by atoms with Crippen LogP contribution in [0.1, 0.15) is 31.8 Å². The molecule has 0 unspecified atom stereocenters. The van der Waals surface area contributed by atoms with E-state index >= 15 is 0 Å². The smallest absolute Gasteiger partial charge is 0.343 e. The number of nitrogens with zero attached hydrogens (tertiary/aromatic N) is 1. The Bertz CT molecular complexity index is 1330. The number of rotatable bonds is 5. The van der Waals surface area contributed by atoms with E-state index in [9.17, 15) is 9.59 Å². The number of hydrogen-bond acceptors (Lipinski definition) is 4. The van der Waals surface area contributed by atoms with Crippen LogP contribution >= 0.6 is 15.9 Å². The molecule has 0 fully saturated rings. The van der Waals surface area contributed by atoms with Gasteiger partial charge in [-0.1, -0.05) is 70.0 Å². The highest BCUT2D eigenvalue weighted by Crippen LogP contribution is 2.27. The summed E-state index contributed by atoms with van der Waals surface area (Å²) in [5.74, 6) is -0.455. The van der Waals surface area contributed by atoms with Gasteiger partial charge in [-0.2, -0.15) is 5.10 Å². The molecule has 0 saturated heterocycles. The van der Waals surface area contributed by atoms with Crippen molar-refractivity contribution in [2.24, 2.45) is 5.10 Å². The molecule has 158 valence electrons. The van der Waals surface area contributed by atoms with Crippen LogP contribution in [-0.2, 0) is 0 Å². The third-order valence-electron chi connectivity index (χ3n) is 4.87. The molecular formula is C26H19BrN2O3. The largest absolute Gasteiger partial charge is 0.422 e. The van der Waals surface area contributed by atoms with E-state index < -0.39 is 5.97 Å². The predicted molar refractivity (Wildman–Crippen MR) is 129 cm³/mol. The van der Waals surface area contributed by atoms with Crippen LogP contribution in [-0.4, -0.2) is 18.1 Å². The van der Waals surface area contributed by atoms with Gasteiger partial charge in [0.25, 0.3) is 5.91 Å². The topological polar surface area (TPSA) is 67.8 Å². The Kier molecular flexibility index (Phi) is 6.42. The van der Waals surface area contributed by atoms with Crippen molar-refractivity contribution in [3.8, 4) is 5.75 Å². The zero-order chi connectivity index (χ0) is 22.5. The maximum absolute atomic E-state index is 12.7. The first-order valence-corrected chi connectivity index (χ1v) is 10.7. The Morgan fingerprint density at radius 2 is 1.69 bits per heavy atom. The lowest BCUT2D eigenvalue weighted by atomic mass is 10.0. The zero-order valence-corrected chi connectivity index (χ0v) is 18.8. The maximum Gasteiger partial charge on any atom is 0.343 e. The summed E-state index contributed by atoms with van der Waals surface area (Å²) in [5, 5.41) is 5.93. The number of halogens is 1. The minimum atomic E-state index is -0.465. The van der Waals surface area contributed by atoms with Crippen LogP contribution in [0.15, 0.2) is 94.5 Å². The summed E-state index contributed by atoms with van der Waals surface area (Å²) in [6.07, 6.45) is 1.50. The van der Waals surface area contributed by atoms with Gasteiger partial charge in [0.05, 0.1) is 11.8 Å². The van der Waals surface area contributed by atoms with Gasteiger partial charge in [0.2, 0.25) is 0 Å². The standard InChI is InChI=1S/C26H19BrN2O3/c1-17-9-11-19(12-10-17)26(31)32-24-14-13-18-5-2-3-8-22(18)23(24)16-28-29-25(30)20-6-4-7-21(27)15-20/h2-16H,1H3,(H,29,30). The molecular weight excluding hydrogens is 468 g/mol. The van der Waals surface area contributed by atoms with Crippen LogP contribution in [0.2, 0.25) is 0 Å². The fraction of sp³-hybridized carbons (Fsp3) is 0.0385. The van der Waals surface area contributed by atoms with E-state index in [0.717, 1.165) is 20.8 Å². The number of benzene rings is 4. The van der Waals surface area contributed by atoms with Crippen molar-refractivity contribution in [2.75, 3.05) is 0 Å². The molecule has 32 heavy (non-hydrogen) atoms. The molecule has 0 spiro atoms. The number of ether oxygens (including phenoxy) is 1. The van der Waals surface area contributed by atoms with Crippen LogP contribution in [0.4, 0.5) is 0 Å². The Morgan fingerprint density at radius 1 is 0.906 bits per heavy atom. The average molecular weight is 487 g/mol. The molecule has 5 nitrogen and oxygen atoms in total. The highest BCUT2D eigenvalue weighted by atomic mass is 79.9. The number of amides is 1. The van der Waals surface area contributed by atoms with Crippen molar-refractivity contribution >= 4 is 44.8 Å². The first-order chi connectivity index (χ1) is 15.5. The second kappa shape index (κ2) is 9.58. The zero-order valence-electron chi connectivity index (χ0n) is 17.2. The fourth-order valence-corrected chi connectivity index (χ4v) is 3.60. The monoisotopic (exact) mass is 486 g/mol. The number of hydrazone groups is 1. The van der Waals surface area contributed by atoms with Crippen molar-refractivity contribution in [2.45, 2.75) is 6.92 Å². The lowest BCUT2D eigenvalue weighted by Gasteiger charge is -2.11. The number of fused-ring (bicyclic) bond motifs is 1. The normalized spacial score (nSPS) is 10.9. The second-order valence-corrected chi connectivity index (χ2v) is 8.08. The van der Waals surface area contributed by atoms with Gasteiger partial charge in [-0.05, 0) is 54.1 Å². The molecule has 0 aliphatic heterocycles. The summed E-state index contributed by atoms with van der Waals surface area (Å²) in [7, 11) is 0. The van der Waals surface area contributed by atoms with Crippen molar-refractivity contribution in [3.05, 3.63) is 112 Å². The van der Waals surface area contributed by atoms with E-state index in [0.29, 0.717) is 22.4 Å². The molecule has 1 amide bonds. The highest BCUT2D eigenvalue weighted by molar-refractivity contribution is 9.10. The van der Waals surface area contributed by atoms with Gasteiger partial charge in [-0.25, -0.2) is 10.2 Å². The SMILES string of the molecule is Cc1ccc(C(=O)Oc2ccc3ccccc3c2C=NNC(=O)c2cccc(Br)c2)cc1. The van der Waals surface area contributed by atoms with Crippen LogP contribution in [0, 0.1) is 6.92 Å². The lowest BCUT2D eigenvalue weighted by molar-refractivity contribution is 0.0734. The molecule has 0 saturated carbocycles. The quantitative estimate of drug-likeness (QED) is 0.165. The summed E-state index contributed by atoms with van der Waals surface area (Å²) in [5.41, 5.74) is 5.11. The summed E-state index contributed by atoms with van der Waals surface area (Å²) < 4.78 is 6.49. The summed E-state index contributed by atoms with van der Waals surface area (Å²) in [6.45, 7) is 1.95. The molecule has 4 aromatic carbocycles. The number of nitrogens with one attached hydrogen (secondary N) is 1. The van der Waals surface area contributed by atoms with Gasteiger partial charge in [-0.3, -0.25) is 4.79 Å². The third kappa shape index (κ3) is 4.92. The van der Waals surface area contributed by atoms with Crippen LogP contribution in [0.3, 0.4) is 0 Å². The predicted octanol–water partition coefficient (Wildman–Crippen LogP) is 5.89. The van der Waals surface area contributed by atoms with Crippen LogP contribution in [0.25, 0.3) is 10.8 Å². The van der Waals surface area contributed by atoms with Gasteiger partial charge in [0.15, 0.2) is 0 Å². The van der Waals surface area contributed by atoms with Crippen molar-refractivity contribution in [3.63, 3.8) is 0 Å². The van der Waals surface area contributed by atoms with Crippen molar-refractivity contribution in [1.29, 1.82) is 0 Å². The summed E-state index contributed by atoms with van der Waals surface area (Å²) in [6, 6.07) is 25.5. The Balaban J connectivity index is 1.62. The van der Waals surface area contributed by atoms with Crippen LogP contribution in [0.5, 0.6) is 5.75 Å². The molecule has 0 aromatic heterocycles. The number of carbonyl (C=O) groups is 2. The van der Waals surface area contributed by atoms with Gasteiger partial charge in [-0.15, -0.1) is 0 Å². The van der Waals surface area contributed by atoms with E-state index in [2.05, 4.69) is 26.5 Å². The Morgan fingerprint density at radius 3 is 2.47 bits per heavy atom. The summed E-state index contributed by atoms with van der Waals surface area (Å²) >= 11 is 3.35. The van der Waals surface area contributed by atoms with Gasteiger partial charge >= 0.3 is 5.97 Å².